The number of imidazole rings is 1. The lowest BCUT2D eigenvalue weighted by atomic mass is 9.95. The fourth-order valence-electron chi connectivity index (χ4n) is 5.27. The first-order chi connectivity index (χ1) is 16.2. The molecule has 2 saturated heterocycles. The number of carbonyl (C=O) groups excluding carboxylic acids is 1. The van der Waals surface area contributed by atoms with Gasteiger partial charge in [0.25, 0.3) is 0 Å². The van der Waals surface area contributed by atoms with E-state index >= 15 is 0 Å². The van der Waals surface area contributed by atoms with Crippen LogP contribution in [-0.2, 0) is 11.3 Å². The van der Waals surface area contributed by atoms with Crippen molar-refractivity contribution in [2.45, 2.75) is 38.3 Å². The number of hydrogen-bond donors (Lipinski definition) is 1. The van der Waals surface area contributed by atoms with Crippen LogP contribution in [0.25, 0.3) is 11.0 Å². The SMILES string of the molecule is O=C(OCc1ccccc1)N1CCC(CN2CCC(n3c(=O)[nH]c4ccccc43)CC2)CC1. The number of carbonyl (C=O) groups is 1. The number of nitrogens with one attached hydrogen (secondary N) is 1. The van der Waals surface area contributed by atoms with Crippen molar-refractivity contribution in [3.63, 3.8) is 0 Å². The first-order valence-corrected chi connectivity index (χ1v) is 12.0. The average molecular weight is 449 g/mol. The molecule has 0 spiro atoms. The Morgan fingerprint density at radius 1 is 0.909 bits per heavy atom. The van der Waals surface area contributed by atoms with Crippen LogP contribution in [0.15, 0.2) is 59.4 Å². The number of para-hydroxylation sites is 2. The van der Waals surface area contributed by atoms with E-state index in [2.05, 4.69) is 9.88 Å². The molecule has 0 aliphatic carbocycles. The number of piperidine rings is 2. The molecule has 0 unspecified atom stereocenters. The number of fused-ring (bicyclic) bond motifs is 1. The number of likely N-dealkylation sites (tertiary alicyclic amines) is 2. The lowest BCUT2D eigenvalue weighted by Gasteiger charge is -2.37. The second-order valence-corrected chi connectivity index (χ2v) is 9.32. The summed E-state index contributed by atoms with van der Waals surface area (Å²) in [6.45, 7) is 4.95. The van der Waals surface area contributed by atoms with Gasteiger partial charge in [-0.15, -0.1) is 0 Å². The van der Waals surface area contributed by atoms with Gasteiger partial charge in [-0.1, -0.05) is 42.5 Å². The number of aromatic amines is 1. The number of ether oxygens (including phenoxy) is 1. The molecule has 2 aliphatic rings. The predicted molar refractivity (Wildman–Crippen MR) is 128 cm³/mol. The van der Waals surface area contributed by atoms with Crippen LogP contribution in [0.2, 0.25) is 0 Å². The highest BCUT2D eigenvalue weighted by atomic mass is 16.6. The molecule has 1 amide bonds. The molecule has 1 aromatic heterocycles. The number of aromatic nitrogens is 2. The smallest absolute Gasteiger partial charge is 0.410 e. The topological polar surface area (TPSA) is 70.6 Å². The van der Waals surface area contributed by atoms with Gasteiger partial charge in [0.2, 0.25) is 0 Å². The van der Waals surface area contributed by atoms with E-state index in [1.165, 1.54) is 0 Å². The average Bonchev–Trinajstić information content (AvgIpc) is 3.20. The Bertz CT molecular complexity index is 1120. The van der Waals surface area contributed by atoms with E-state index in [4.69, 9.17) is 4.74 Å². The number of nitrogens with zero attached hydrogens (tertiary/aromatic N) is 3. The first-order valence-electron chi connectivity index (χ1n) is 12.0. The highest BCUT2D eigenvalue weighted by Gasteiger charge is 2.28. The molecule has 7 nitrogen and oxygen atoms in total. The summed E-state index contributed by atoms with van der Waals surface area (Å²) in [5.41, 5.74) is 2.94. The highest BCUT2D eigenvalue weighted by molar-refractivity contribution is 5.75. The minimum Gasteiger partial charge on any atom is -0.445 e. The molecule has 3 aromatic rings. The molecule has 0 radical (unpaired) electrons. The second-order valence-electron chi connectivity index (χ2n) is 9.32. The Balaban J connectivity index is 1.07. The molecule has 0 atom stereocenters. The molecule has 0 saturated carbocycles. The van der Waals surface area contributed by atoms with E-state index in [9.17, 15) is 9.59 Å². The lowest BCUT2D eigenvalue weighted by Crippen LogP contribution is -2.44. The van der Waals surface area contributed by atoms with Gasteiger partial charge in [-0.05, 0) is 49.3 Å². The molecule has 1 N–H and O–H groups in total. The van der Waals surface area contributed by atoms with Gasteiger partial charge in [0.1, 0.15) is 6.61 Å². The van der Waals surface area contributed by atoms with Gasteiger partial charge in [-0.25, -0.2) is 9.59 Å². The largest absolute Gasteiger partial charge is 0.445 e. The summed E-state index contributed by atoms with van der Waals surface area (Å²) < 4.78 is 7.44. The maximum atomic E-state index is 12.5. The van der Waals surface area contributed by atoms with Crippen molar-refractivity contribution >= 4 is 17.1 Å². The minimum absolute atomic E-state index is 0.00109. The summed E-state index contributed by atoms with van der Waals surface area (Å²) in [4.78, 5) is 32.3. The van der Waals surface area contributed by atoms with Crippen LogP contribution in [0.4, 0.5) is 4.79 Å². The predicted octanol–water partition coefficient (Wildman–Crippen LogP) is 4.02. The number of benzene rings is 2. The Kier molecular flexibility index (Phi) is 6.48. The molecule has 7 heteroatoms. The van der Waals surface area contributed by atoms with Crippen molar-refractivity contribution in [3.8, 4) is 0 Å². The summed E-state index contributed by atoms with van der Waals surface area (Å²) in [5.74, 6) is 0.607. The van der Waals surface area contributed by atoms with E-state index in [1.807, 2.05) is 64.1 Å². The van der Waals surface area contributed by atoms with E-state index in [-0.39, 0.29) is 17.8 Å². The van der Waals surface area contributed by atoms with Crippen molar-refractivity contribution < 1.29 is 9.53 Å². The van der Waals surface area contributed by atoms with E-state index < -0.39 is 0 Å². The fraction of sp³-hybridized carbons (Fsp3) is 0.462. The monoisotopic (exact) mass is 448 g/mol. The first kappa shape index (κ1) is 21.8. The maximum Gasteiger partial charge on any atom is 0.410 e. The van der Waals surface area contributed by atoms with Crippen LogP contribution < -0.4 is 5.69 Å². The summed E-state index contributed by atoms with van der Waals surface area (Å²) in [6, 6.07) is 18.0. The standard InChI is InChI=1S/C26H32N4O3/c31-25-27-23-8-4-5-9-24(23)30(25)22-12-14-28(15-13-22)18-20-10-16-29(17-11-20)26(32)33-19-21-6-2-1-3-7-21/h1-9,20,22H,10-19H2,(H,27,31). The Hall–Kier alpha value is -3.06. The Morgan fingerprint density at radius 2 is 1.61 bits per heavy atom. The summed E-state index contributed by atoms with van der Waals surface area (Å²) in [6.07, 6.45) is 3.81. The summed E-state index contributed by atoms with van der Waals surface area (Å²) >= 11 is 0. The van der Waals surface area contributed by atoms with Gasteiger partial charge in [-0.3, -0.25) is 4.57 Å². The molecule has 2 fully saturated rings. The summed E-state index contributed by atoms with van der Waals surface area (Å²) in [5, 5.41) is 0. The van der Waals surface area contributed by atoms with Crippen molar-refractivity contribution in [3.05, 3.63) is 70.6 Å². The van der Waals surface area contributed by atoms with Gasteiger partial charge < -0.3 is 19.5 Å². The Labute approximate surface area is 193 Å². The minimum atomic E-state index is -0.206. The van der Waals surface area contributed by atoms with Crippen LogP contribution in [-0.4, -0.2) is 58.2 Å². The number of H-pyrrole nitrogens is 1. The number of hydrogen-bond acceptors (Lipinski definition) is 4. The molecular weight excluding hydrogens is 416 g/mol. The van der Waals surface area contributed by atoms with Crippen LogP contribution in [0.5, 0.6) is 0 Å². The second kappa shape index (κ2) is 9.83. The van der Waals surface area contributed by atoms with Gasteiger partial charge in [0.15, 0.2) is 0 Å². The molecule has 3 heterocycles. The highest BCUT2D eigenvalue weighted by Crippen LogP contribution is 2.27. The number of rotatable bonds is 5. The molecule has 33 heavy (non-hydrogen) atoms. The van der Waals surface area contributed by atoms with Crippen molar-refractivity contribution in [1.82, 2.24) is 19.4 Å². The van der Waals surface area contributed by atoms with Gasteiger partial charge in [-0.2, -0.15) is 0 Å². The van der Waals surface area contributed by atoms with Crippen molar-refractivity contribution in [2.75, 3.05) is 32.7 Å². The van der Waals surface area contributed by atoms with Gasteiger partial charge in [0.05, 0.1) is 11.0 Å². The van der Waals surface area contributed by atoms with E-state index in [0.717, 1.165) is 75.0 Å². The van der Waals surface area contributed by atoms with Crippen LogP contribution in [0.3, 0.4) is 0 Å². The molecule has 174 valence electrons. The molecule has 2 aliphatic heterocycles. The van der Waals surface area contributed by atoms with Crippen LogP contribution in [0.1, 0.15) is 37.3 Å². The molecule has 5 rings (SSSR count). The third kappa shape index (κ3) is 4.98. The van der Waals surface area contributed by atoms with E-state index in [0.29, 0.717) is 12.5 Å². The van der Waals surface area contributed by atoms with Gasteiger partial charge in [0, 0.05) is 38.8 Å². The normalized spacial score (nSPS) is 18.6. The van der Waals surface area contributed by atoms with Crippen molar-refractivity contribution in [2.24, 2.45) is 5.92 Å². The third-order valence-electron chi connectivity index (χ3n) is 7.14. The number of amides is 1. The molecular formula is C26H32N4O3. The zero-order chi connectivity index (χ0) is 22.6. The van der Waals surface area contributed by atoms with E-state index in [1.54, 1.807) is 0 Å². The zero-order valence-electron chi connectivity index (χ0n) is 19.0. The quantitative estimate of drug-likeness (QED) is 0.640. The summed E-state index contributed by atoms with van der Waals surface area (Å²) in [7, 11) is 0. The fourth-order valence-corrected chi connectivity index (χ4v) is 5.27. The molecule has 0 bridgehead atoms. The maximum absolute atomic E-state index is 12.5. The van der Waals surface area contributed by atoms with Gasteiger partial charge >= 0.3 is 11.8 Å². The van der Waals surface area contributed by atoms with Crippen molar-refractivity contribution in [1.29, 1.82) is 0 Å². The third-order valence-corrected chi connectivity index (χ3v) is 7.14. The Morgan fingerprint density at radius 3 is 2.36 bits per heavy atom. The van der Waals surface area contributed by atoms with Crippen LogP contribution >= 0.6 is 0 Å². The lowest BCUT2D eigenvalue weighted by molar-refractivity contribution is 0.0740. The molecule has 2 aromatic carbocycles. The zero-order valence-corrected chi connectivity index (χ0v) is 19.0. The van der Waals surface area contributed by atoms with Crippen LogP contribution in [0, 0.1) is 5.92 Å².